The molecule has 0 amide bonds. The third-order valence-corrected chi connectivity index (χ3v) is 4.49. The van der Waals surface area contributed by atoms with Gasteiger partial charge in [0.1, 0.15) is 0 Å². The van der Waals surface area contributed by atoms with Crippen LogP contribution < -0.4 is 10.8 Å². The van der Waals surface area contributed by atoms with Crippen molar-refractivity contribution >= 4 is 35.7 Å². The average molecular weight is 395 g/mol. The lowest BCUT2D eigenvalue weighted by Crippen LogP contribution is -2.39. The van der Waals surface area contributed by atoms with E-state index in [2.05, 4.69) is 51.1 Å². The van der Waals surface area contributed by atoms with Crippen LogP contribution in [-0.4, -0.2) is 29.2 Å². The molecule has 1 aliphatic heterocycles. The molecule has 3 heterocycles. The Labute approximate surface area is 165 Å². The highest BCUT2D eigenvalue weighted by atomic mass is 35.5. The molecule has 5 nitrogen and oxygen atoms in total. The van der Waals surface area contributed by atoms with Crippen molar-refractivity contribution in [3.63, 3.8) is 0 Å². The highest BCUT2D eigenvalue weighted by Gasteiger charge is 2.20. The predicted octanol–water partition coefficient (Wildman–Crippen LogP) is 3.77. The van der Waals surface area contributed by atoms with Crippen LogP contribution in [-0.2, 0) is 4.84 Å². The van der Waals surface area contributed by atoms with Gasteiger partial charge in [0.2, 0.25) is 0 Å². The minimum Gasteiger partial charge on any atom is -0.355 e. The van der Waals surface area contributed by atoms with Gasteiger partial charge in [0.25, 0.3) is 0 Å². The van der Waals surface area contributed by atoms with Crippen LogP contribution in [0.1, 0.15) is 30.1 Å². The molecule has 2 aromatic heterocycles. The first kappa shape index (κ1) is 20.7. The molecule has 0 saturated carbocycles. The lowest BCUT2D eigenvalue weighted by atomic mass is 10.0. The van der Waals surface area contributed by atoms with Crippen LogP contribution in [0.5, 0.6) is 0 Å². The van der Waals surface area contributed by atoms with Gasteiger partial charge in [-0.05, 0) is 37.1 Å². The summed E-state index contributed by atoms with van der Waals surface area (Å²) in [7, 11) is 0. The number of pyridine rings is 1. The highest BCUT2D eigenvalue weighted by molar-refractivity contribution is 5.85. The fourth-order valence-electron chi connectivity index (χ4n) is 3.19. The van der Waals surface area contributed by atoms with Gasteiger partial charge >= 0.3 is 0 Å². The second-order valence-electron chi connectivity index (χ2n) is 6.24. The quantitative estimate of drug-likeness (QED) is 0.576. The van der Waals surface area contributed by atoms with Crippen molar-refractivity contribution in [2.24, 2.45) is 0 Å². The van der Waals surface area contributed by atoms with Gasteiger partial charge in [-0.1, -0.05) is 30.3 Å². The minimum absolute atomic E-state index is 0. The van der Waals surface area contributed by atoms with E-state index >= 15 is 0 Å². The smallest absolute Gasteiger partial charge is 0.0971 e. The zero-order valence-electron chi connectivity index (χ0n) is 14.4. The van der Waals surface area contributed by atoms with Gasteiger partial charge in [0.05, 0.1) is 23.9 Å². The Bertz CT molecular complexity index is 757. The number of fused-ring (bicyclic) bond motifs is 1. The SMILES string of the molecule is Cl.Cl.c1ccc(C(NOC2CCCNC2)c2cc3ccncc3[nH]2)cc1. The van der Waals surface area contributed by atoms with Crippen molar-refractivity contribution in [2.75, 3.05) is 13.1 Å². The van der Waals surface area contributed by atoms with E-state index in [0.29, 0.717) is 0 Å². The fraction of sp³-hybridized carbons (Fsp3) is 0.316. The second kappa shape index (κ2) is 9.90. The summed E-state index contributed by atoms with van der Waals surface area (Å²) in [5.41, 5.74) is 6.57. The topological polar surface area (TPSA) is 62.0 Å². The summed E-state index contributed by atoms with van der Waals surface area (Å²) in [4.78, 5) is 13.6. The Morgan fingerprint density at radius 1 is 1.15 bits per heavy atom. The van der Waals surface area contributed by atoms with Crippen molar-refractivity contribution < 1.29 is 4.84 Å². The van der Waals surface area contributed by atoms with E-state index in [9.17, 15) is 0 Å². The maximum atomic E-state index is 6.00. The van der Waals surface area contributed by atoms with Crippen LogP contribution >= 0.6 is 24.8 Å². The highest BCUT2D eigenvalue weighted by Crippen LogP contribution is 2.25. The summed E-state index contributed by atoms with van der Waals surface area (Å²) in [5, 5.41) is 4.53. The van der Waals surface area contributed by atoms with E-state index in [1.165, 1.54) is 5.56 Å². The Hall–Kier alpha value is -1.63. The fourth-order valence-corrected chi connectivity index (χ4v) is 3.19. The van der Waals surface area contributed by atoms with E-state index in [1.54, 1.807) is 0 Å². The molecule has 3 N–H and O–H groups in total. The van der Waals surface area contributed by atoms with Crippen molar-refractivity contribution in [2.45, 2.75) is 25.0 Å². The van der Waals surface area contributed by atoms with Crippen LogP contribution in [0.2, 0.25) is 0 Å². The molecule has 26 heavy (non-hydrogen) atoms. The zero-order chi connectivity index (χ0) is 16.2. The molecule has 0 radical (unpaired) electrons. The number of hydrogen-bond acceptors (Lipinski definition) is 4. The van der Waals surface area contributed by atoms with Crippen LogP contribution in [0.3, 0.4) is 0 Å². The Morgan fingerprint density at radius 3 is 2.73 bits per heavy atom. The van der Waals surface area contributed by atoms with Crippen molar-refractivity contribution in [1.82, 2.24) is 20.8 Å². The van der Waals surface area contributed by atoms with E-state index < -0.39 is 0 Å². The lowest BCUT2D eigenvalue weighted by molar-refractivity contribution is -0.0477. The molecule has 1 aliphatic rings. The number of H-pyrrole nitrogens is 1. The molecular formula is C19H24Cl2N4O. The number of benzene rings is 1. The number of hydrogen-bond donors (Lipinski definition) is 3. The summed E-state index contributed by atoms with van der Waals surface area (Å²) in [6, 6.07) is 14.5. The van der Waals surface area contributed by atoms with Gasteiger partial charge in [-0.25, -0.2) is 0 Å². The summed E-state index contributed by atoms with van der Waals surface area (Å²) >= 11 is 0. The number of halogens is 2. The molecular weight excluding hydrogens is 371 g/mol. The predicted molar refractivity (Wildman–Crippen MR) is 109 cm³/mol. The maximum Gasteiger partial charge on any atom is 0.0971 e. The third kappa shape index (κ3) is 4.75. The molecule has 7 heteroatoms. The van der Waals surface area contributed by atoms with Gasteiger partial charge in [0.15, 0.2) is 0 Å². The molecule has 1 saturated heterocycles. The first-order chi connectivity index (χ1) is 11.9. The molecule has 2 unspecified atom stereocenters. The third-order valence-electron chi connectivity index (χ3n) is 4.49. The summed E-state index contributed by atoms with van der Waals surface area (Å²) < 4.78 is 0. The number of piperidine rings is 1. The molecule has 0 bridgehead atoms. The number of hydroxylamine groups is 1. The molecule has 2 atom stereocenters. The van der Waals surface area contributed by atoms with Gasteiger partial charge in [-0.15, -0.1) is 24.8 Å². The molecule has 0 spiro atoms. The van der Waals surface area contributed by atoms with Crippen LogP contribution in [0.25, 0.3) is 10.9 Å². The Morgan fingerprint density at radius 2 is 2.00 bits per heavy atom. The van der Waals surface area contributed by atoms with Crippen LogP contribution in [0.15, 0.2) is 54.9 Å². The summed E-state index contributed by atoms with van der Waals surface area (Å²) in [6.07, 6.45) is 6.11. The first-order valence-corrected chi connectivity index (χ1v) is 8.49. The Balaban J connectivity index is 0.00000121. The standard InChI is InChI=1S/C19H22N4O.2ClH/c1-2-5-14(6-3-1)19(23-24-16-7-4-9-20-12-16)17-11-15-8-10-21-13-18(15)22-17;;/h1-3,5-6,8,10-11,13,16,19-20,22-23H,4,7,9,12H2;2*1H. The van der Waals surface area contributed by atoms with Crippen LogP contribution in [0, 0.1) is 0 Å². The maximum absolute atomic E-state index is 6.00. The summed E-state index contributed by atoms with van der Waals surface area (Å²) in [6.45, 7) is 1.97. The number of rotatable bonds is 5. The molecule has 4 rings (SSSR count). The lowest BCUT2D eigenvalue weighted by Gasteiger charge is -2.26. The summed E-state index contributed by atoms with van der Waals surface area (Å²) in [5.74, 6) is 0. The number of nitrogens with zero attached hydrogens (tertiary/aromatic N) is 1. The van der Waals surface area contributed by atoms with E-state index in [1.807, 2.05) is 24.5 Å². The van der Waals surface area contributed by atoms with Gasteiger partial charge in [-0.3, -0.25) is 9.82 Å². The Kier molecular flexibility index (Phi) is 7.87. The van der Waals surface area contributed by atoms with E-state index in [-0.39, 0.29) is 37.0 Å². The van der Waals surface area contributed by atoms with E-state index in [4.69, 9.17) is 4.84 Å². The molecule has 1 aromatic carbocycles. The van der Waals surface area contributed by atoms with Gasteiger partial charge in [-0.2, -0.15) is 5.48 Å². The zero-order valence-corrected chi connectivity index (χ0v) is 16.0. The van der Waals surface area contributed by atoms with Gasteiger partial charge < -0.3 is 10.3 Å². The minimum atomic E-state index is -0.0412. The van der Waals surface area contributed by atoms with Crippen molar-refractivity contribution in [3.8, 4) is 0 Å². The van der Waals surface area contributed by atoms with E-state index in [0.717, 1.165) is 42.5 Å². The van der Waals surface area contributed by atoms with Gasteiger partial charge in [0, 0.05) is 23.8 Å². The molecule has 140 valence electrons. The van der Waals surface area contributed by atoms with Crippen molar-refractivity contribution in [1.29, 1.82) is 0 Å². The molecule has 3 aromatic rings. The van der Waals surface area contributed by atoms with Crippen molar-refractivity contribution in [3.05, 3.63) is 66.1 Å². The molecule has 1 fully saturated rings. The average Bonchev–Trinajstić information content (AvgIpc) is 3.07. The largest absolute Gasteiger partial charge is 0.355 e. The second-order valence-corrected chi connectivity index (χ2v) is 6.24. The number of aromatic nitrogens is 2. The molecule has 0 aliphatic carbocycles. The monoisotopic (exact) mass is 394 g/mol. The van der Waals surface area contributed by atoms with Crippen LogP contribution in [0.4, 0.5) is 0 Å². The normalized spacial score (nSPS) is 17.9. The first-order valence-electron chi connectivity index (χ1n) is 8.49. The number of nitrogens with one attached hydrogen (secondary N) is 3. The number of aromatic amines is 1.